The lowest BCUT2D eigenvalue weighted by Crippen LogP contribution is -2.04. The number of fused-ring (bicyclic) bond motifs is 1. The van der Waals surface area contributed by atoms with Crippen LogP contribution in [0.3, 0.4) is 0 Å². The zero-order chi connectivity index (χ0) is 15.8. The Morgan fingerprint density at radius 1 is 1.27 bits per heavy atom. The van der Waals surface area contributed by atoms with E-state index in [9.17, 15) is 4.79 Å². The Labute approximate surface area is 129 Å². The molecule has 114 valence electrons. The quantitative estimate of drug-likeness (QED) is 0.314. The summed E-state index contributed by atoms with van der Waals surface area (Å²) >= 11 is 0. The zero-order valence-corrected chi connectivity index (χ0v) is 12.6. The first-order valence-electron chi connectivity index (χ1n) is 7.43. The minimum Gasteiger partial charge on any atom is -0.466 e. The molecule has 0 aromatic heterocycles. The first-order valence-corrected chi connectivity index (χ1v) is 7.43. The maximum Gasteiger partial charge on any atom is 0.305 e. The van der Waals surface area contributed by atoms with E-state index in [0.29, 0.717) is 25.9 Å². The van der Waals surface area contributed by atoms with Crippen molar-refractivity contribution in [2.24, 2.45) is 5.11 Å². The van der Waals surface area contributed by atoms with Crippen LogP contribution in [-0.2, 0) is 9.53 Å². The monoisotopic (exact) mass is 297 g/mol. The Balaban J connectivity index is 2.09. The molecule has 2 aromatic rings. The minimum atomic E-state index is -0.260. The third-order valence-corrected chi connectivity index (χ3v) is 3.51. The number of carbonyl (C=O) groups excluding carboxylic acids is 1. The van der Waals surface area contributed by atoms with E-state index >= 15 is 0 Å². The highest BCUT2D eigenvalue weighted by atomic mass is 16.5. The van der Waals surface area contributed by atoms with Gasteiger partial charge in [-0.2, -0.15) is 0 Å². The van der Waals surface area contributed by atoms with E-state index in [4.69, 9.17) is 10.3 Å². The number of esters is 1. The van der Waals surface area contributed by atoms with Crippen molar-refractivity contribution in [1.29, 1.82) is 0 Å². The third kappa shape index (κ3) is 4.24. The predicted octanol–water partition coefficient (Wildman–Crippen LogP) is 4.92. The average Bonchev–Trinajstić information content (AvgIpc) is 2.54. The van der Waals surface area contributed by atoms with Gasteiger partial charge < -0.3 is 4.74 Å². The second-order valence-electron chi connectivity index (χ2n) is 5.02. The first kappa shape index (κ1) is 15.9. The molecule has 0 heterocycles. The average molecular weight is 297 g/mol. The fourth-order valence-corrected chi connectivity index (χ4v) is 2.44. The molecule has 0 N–H and O–H groups in total. The molecular weight excluding hydrogens is 278 g/mol. The van der Waals surface area contributed by atoms with E-state index in [0.717, 1.165) is 16.3 Å². The molecule has 1 unspecified atom stereocenters. The van der Waals surface area contributed by atoms with Crippen LogP contribution in [0.25, 0.3) is 21.2 Å². The summed E-state index contributed by atoms with van der Waals surface area (Å²) in [6.45, 7) is 2.18. The van der Waals surface area contributed by atoms with E-state index in [-0.39, 0.29) is 12.0 Å². The molecule has 1 atom stereocenters. The zero-order valence-electron chi connectivity index (χ0n) is 12.6. The van der Waals surface area contributed by atoms with E-state index in [1.807, 2.05) is 42.5 Å². The van der Waals surface area contributed by atoms with Gasteiger partial charge in [-0.25, -0.2) is 0 Å². The number of ether oxygens (including phenoxy) is 1. The molecule has 0 radical (unpaired) electrons. The van der Waals surface area contributed by atoms with E-state index in [2.05, 4.69) is 10.0 Å². The number of azide groups is 1. The highest BCUT2D eigenvalue weighted by Crippen LogP contribution is 2.27. The van der Waals surface area contributed by atoms with Crippen molar-refractivity contribution in [3.8, 4) is 0 Å². The van der Waals surface area contributed by atoms with Crippen molar-refractivity contribution in [3.63, 3.8) is 0 Å². The maximum absolute atomic E-state index is 11.4. The van der Waals surface area contributed by atoms with Crippen LogP contribution in [0, 0.1) is 0 Å². The first-order chi connectivity index (χ1) is 10.7. The molecule has 0 aliphatic carbocycles. The van der Waals surface area contributed by atoms with Gasteiger partial charge in [-0.3, -0.25) is 4.79 Å². The molecule has 0 saturated carbocycles. The summed E-state index contributed by atoms with van der Waals surface area (Å²) < 4.78 is 4.90. The van der Waals surface area contributed by atoms with Crippen molar-refractivity contribution in [2.45, 2.75) is 32.2 Å². The molecular formula is C17H19N3O2. The lowest BCUT2D eigenvalue weighted by molar-refractivity contribution is -0.143. The summed E-state index contributed by atoms with van der Waals surface area (Å²) in [4.78, 5) is 14.3. The van der Waals surface area contributed by atoms with E-state index in [1.165, 1.54) is 0 Å². The second-order valence-corrected chi connectivity index (χ2v) is 5.02. The molecule has 0 spiro atoms. The molecule has 5 nitrogen and oxygen atoms in total. The third-order valence-electron chi connectivity index (χ3n) is 3.51. The van der Waals surface area contributed by atoms with Crippen LogP contribution in [0.5, 0.6) is 0 Å². The summed E-state index contributed by atoms with van der Waals surface area (Å²) in [5, 5.41) is 6.14. The number of carbonyl (C=O) groups is 1. The van der Waals surface area contributed by atoms with Gasteiger partial charge in [0, 0.05) is 11.3 Å². The SMILES string of the molecule is CCOC(=O)CCCC(N=[N+]=[N-])c1ccc2ccccc2c1. The van der Waals surface area contributed by atoms with Gasteiger partial charge >= 0.3 is 5.97 Å². The normalized spacial score (nSPS) is 11.7. The molecule has 0 aliphatic heterocycles. The van der Waals surface area contributed by atoms with Crippen molar-refractivity contribution in [1.82, 2.24) is 0 Å². The number of hydrogen-bond acceptors (Lipinski definition) is 3. The van der Waals surface area contributed by atoms with Crippen LogP contribution in [-0.4, -0.2) is 12.6 Å². The summed E-state index contributed by atoms with van der Waals surface area (Å²) in [5.41, 5.74) is 9.74. The molecule has 22 heavy (non-hydrogen) atoms. The van der Waals surface area contributed by atoms with Crippen molar-refractivity contribution >= 4 is 16.7 Å². The molecule has 0 saturated heterocycles. The molecule has 5 heteroatoms. The van der Waals surface area contributed by atoms with Gasteiger partial charge in [-0.1, -0.05) is 47.6 Å². The van der Waals surface area contributed by atoms with Crippen LogP contribution < -0.4 is 0 Å². The van der Waals surface area contributed by atoms with E-state index < -0.39 is 0 Å². The summed E-state index contributed by atoms with van der Waals surface area (Å²) in [5.74, 6) is -0.208. The summed E-state index contributed by atoms with van der Waals surface area (Å²) in [7, 11) is 0. The molecule has 0 bridgehead atoms. The maximum atomic E-state index is 11.4. The molecule has 2 aromatic carbocycles. The molecule has 2 rings (SSSR count). The summed E-state index contributed by atoms with van der Waals surface area (Å²) in [6, 6.07) is 13.8. The lowest BCUT2D eigenvalue weighted by Gasteiger charge is -2.12. The second kappa shape index (κ2) is 8.05. The number of nitrogens with zero attached hydrogens (tertiary/aromatic N) is 3. The largest absolute Gasteiger partial charge is 0.466 e. The molecule has 0 amide bonds. The van der Waals surface area contributed by atoms with Gasteiger partial charge in [-0.05, 0) is 41.6 Å². The van der Waals surface area contributed by atoms with Gasteiger partial charge in [0.1, 0.15) is 0 Å². The van der Waals surface area contributed by atoms with Crippen molar-refractivity contribution in [3.05, 3.63) is 58.5 Å². The molecule has 0 fully saturated rings. The Morgan fingerprint density at radius 2 is 2.05 bits per heavy atom. The van der Waals surface area contributed by atoms with Gasteiger partial charge in [0.25, 0.3) is 0 Å². The van der Waals surface area contributed by atoms with Gasteiger partial charge in [0.2, 0.25) is 0 Å². The minimum absolute atomic E-state index is 0.208. The van der Waals surface area contributed by atoms with Gasteiger partial charge in [0.05, 0.1) is 12.6 Å². The number of rotatable bonds is 7. The lowest BCUT2D eigenvalue weighted by atomic mass is 9.98. The Hall–Kier alpha value is -2.52. The highest BCUT2D eigenvalue weighted by Gasteiger charge is 2.11. The van der Waals surface area contributed by atoms with Crippen LogP contribution >= 0.6 is 0 Å². The molecule has 0 aliphatic rings. The van der Waals surface area contributed by atoms with Crippen molar-refractivity contribution in [2.75, 3.05) is 6.61 Å². The smallest absolute Gasteiger partial charge is 0.305 e. The highest BCUT2D eigenvalue weighted by molar-refractivity contribution is 5.83. The van der Waals surface area contributed by atoms with Crippen LogP contribution in [0.15, 0.2) is 47.6 Å². The van der Waals surface area contributed by atoms with Gasteiger partial charge in [0.15, 0.2) is 0 Å². The summed E-state index contributed by atoms with van der Waals surface area (Å²) in [6.07, 6.45) is 1.61. The van der Waals surface area contributed by atoms with Crippen LogP contribution in [0.1, 0.15) is 37.8 Å². The predicted molar refractivity (Wildman–Crippen MR) is 86.3 cm³/mol. The topological polar surface area (TPSA) is 75.1 Å². The standard InChI is InChI=1S/C17H19N3O2/c1-2-22-17(21)9-5-8-16(19-20-18)15-11-10-13-6-3-4-7-14(13)12-15/h3-4,6-7,10-12,16H,2,5,8-9H2,1H3. The fourth-order valence-electron chi connectivity index (χ4n) is 2.44. The fraction of sp³-hybridized carbons (Fsp3) is 0.353. The Bertz CT molecular complexity index is 693. The van der Waals surface area contributed by atoms with E-state index in [1.54, 1.807) is 6.92 Å². The van der Waals surface area contributed by atoms with Gasteiger partial charge in [-0.15, -0.1) is 0 Å². The number of benzene rings is 2. The number of hydrogen-bond donors (Lipinski definition) is 0. The van der Waals surface area contributed by atoms with Crippen LogP contribution in [0.4, 0.5) is 0 Å². The van der Waals surface area contributed by atoms with Crippen LogP contribution in [0.2, 0.25) is 0 Å². The van der Waals surface area contributed by atoms with Crippen molar-refractivity contribution < 1.29 is 9.53 Å². The Morgan fingerprint density at radius 3 is 2.77 bits per heavy atom. The Kier molecular flexibility index (Phi) is 5.81.